The van der Waals surface area contributed by atoms with Crippen molar-refractivity contribution in [2.24, 2.45) is 0 Å². The van der Waals surface area contributed by atoms with Gasteiger partial charge in [-0.3, -0.25) is 9.59 Å². The van der Waals surface area contributed by atoms with E-state index in [1.54, 1.807) is 12.1 Å². The minimum absolute atomic E-state index is 0.195. The Balaban J connectivity index is 2.44. The number of hydrogen-bond donors (Lipinski definition) is 1. The Morgan fingerprint density at radius 1 is 1.62 bits per heavy atom. The maximum absolute atomic E-state index is 11.5. The number of carbonyl (C=O) groups is 2. The van der Waals surface area contributed by atoms with Crippen LogP contribution in [-0.4, -0.2) is 29.5 Å². The lowest BCUT2D eigenvalue weighted by atomic mass is 10.4. The summed E-state index contributed by atoms with van der Waals surface area (Å²) in [6.45, 7) is 0.199. The predicted molar refractivity (Wildman–Crippen MR) is 68.6 cm³/mol. The van der Waals surface area contributed by atoms with Gasteiger partial charge in [-0.15, -0.1) is 0 Å². The monoisotopic (exact) mass is 401 g/mol. The zero-order valence-corrected chi connectivity index (χ0v) is 12.1. The number of amides is 1. The molecule has 88 valence electrons. The molecule has 1 heterocycles. The van der Waals surface area contributed by atoms with Crippen molar-refractivity contribution in [3.05, 3.63) is 22.6 Å². The molecule has 1 atom stereocenters. The van der Waals surface area contributed by atoms with Crippen LogP contribution in [0.4, 0.5) is 0 Å². The van der Waals surface area contributed by atoms with E-state index >= 15 is 0 Å². The second kappa shape index (κ2) is 6.24. The standard InChI is InChI=1S/C9H9BrINO4/c1-15-9(14)5(11)4-12-8(13)6-2-3-7(10)16-6/h2-3,5H,4H2,1H3,(H,12,13). The molecule has 1 N–H and O–H groups in total. The minimum Gasteiger partial charge on any atom is -0.468 e. The second-order valence-electron chi connectivity index (χ2n) is 2.80. The molecule has 1 rings (SSSR count). The number of alkyl halides is 1. The van der Waals surface area contributed by atoms with Gasteiger partial charge in [-0.25, -0.2) is 0 Å². The third-order valence-corrected chi connectivity index (χ3v) is 3.07. The number of halogens is 2. The first-order valence-electron chi connectivity index (χ1n) is 4.30. The number of rotatable bonds is 4. The maximum Gasteiger partial charge on any atom is 0.320 e. The Morgan fingerprint density at radius 3 is 2.81 bits per heavy atom. The van der Waals surface area contributed by atoms with Crippen LogP contribution in [0.5, 0.6) is 0 Å². The molecule has 0 radical (unpaired) electrons. The van der Waals surface area contributed by atoms with Crippen molar-refractivity contribution in [1.82, 2.24) is 5.32 Å². The Kier molecular flexibility index (Phi) is 5.26. The Bertz CT molecular complexity index is 393. The summed E-state index contributed by atoms with van der Waals surface area (Å²) in [7, 11) is 1.31. The van der Waals surface area contributed by atoms with Crippen LogP contribution in [0.3, 0.4) is 0 Å². The summed E-state index contributed by atoms with van der Waals surface area (Å²) in [4.78, 5) is 22.5. The third-order valence-electron chi connectivity index (χ3n) is 1.70. The minimum atomic E-state index is -0.412. The van der Waals surface area contributed by atoms with E-state index in [1.807, 2.05) is 22.6 Å². The fourth-order valence-electron chi connectivity index (χ4n) is 0.917. The van der Waals surface area contributed by atoms with Crippen molar-refractivity contribution in [1.29, 1.82) is 0 Å². The summed E-state index contributed by atoms with van der Waals surface area (Å²) in [6, 6.07) is 3.16. The van der Waals surface area contributed by atoms with Gasteiger partial charge in [0.25, 0.3) is 5.91 Å². The largest absolute Gasteiger partial charge is 0.468 e. The number of methoxy groups -OCH3 is 1. The van der Waals surface area contributed by atoms with E-state index in [4.69, 9.17) is 4.42 Å². The van der Waals surface area contributed by atoms with E-state index in [2.05, 4.69) is 26.0 Å². The van der Waals surface area contributed by atoms with Crippen LogP contribution in [0.15, 0.2) is 21.2 Å². The number of esters is 1. The zero-order chi connectivity index (χ0) is 12.1. The predicted octanol–water partition coefficient (Wildman–Crippen LogP) is 1.75. The van der Waals surface area contributed by atoms with Crippen LogP contribution < -0.4 is 5.32 Å². The van der Waals surface area contributed by atoms with Crippen molar-refractivity contribution in [3.8, 4) is 0 Å². The molecular weight excluding hydrogens is 393 g/mol. The van der Waals surface area contributed by atoms with Gasteiger partial charge in [0.1, 0.15) is 3.92 Å². The lowest BCUT2D eigenvalue weighted by Gasteiger charge is -2.07. The van der Waals surface area contributed by atoms with Gasteiger partial charge in [-0.2, -0.15) is 0 Å². The first kappa shape index (κ1) is 13.5. The smallest absolute Gasteiger partial charge is 0.320 e. The number of hydrogen-bond acceptors (Lipinski definition) is 4. The first-order valence-corrected chi connectivity index (χ1v) is 6.34. The van der Waals surface area contributed by atoms with Crippen molar-refractivity contribution in [2.45, 2.75) is 3.92 Å². The summed E-state index contributed by atoms with van der Waals surface area (Å²) in [6.07, 6.45) is 0. The molecule has 1 unspecified atom stereocenters. The normalized spacial score (nSPS) is 11.9. The van der Waals surface area contributed by atoms with E-state index in [0.717, 1.165) is 0 Å². The molecule has 7 heteroatoms. The molecule has 5 nitrogen and oxygen atoms in total. The topological polar surface area (TPSA) is 68.5 Å². The van der Waals surface area contributed by atoms with E-state index in [1.165, 1.54) is 7.11 Å². The van der Waals surface area contributed by atoms with Crippen LogP contribution in [0.2, 0.25) is 0 Å². The highest BCUT2D eigenvalue weighted by atomic mass is 127. The lowest BCUT2D eigenvalue weighted by Crippen LogP contribution is -2.33. The Hall–Kier alpha value is -0.570. The van der Waals surface area contributed by atoms with Crippen LogP contribution in [-0.2, 0) is 9.53 Å². The molecular formula is C9H9BrINO4. The maximum atomic E-state index is 11.5. The van der Waals surface area contributed by atoms with Crippen molar-refractivity contribution >= 4 is 50.4 Å². The first-order chi connectivity index (χ1) is 7.54. The van der Waals surface area contributed by atoms with Gasteiger partial charge >= 0.3 is 5.97 Å². The fraction of sp³-hybridized carbons (Fsp3) is 0.333. The molecule has 0 aliphatic carbocycles. The van der Waals surface area contributed by atoms with Gasteiger partial charge in [0.15, 0.2) is 10.4 Å². The lowest BCUT2D eigenvalue weighted by molar-refractivity contribution is -0.139. The molecule has 0 aromatic carbocycles. The Labute approximate surface area is 114 Å². The SMILES string of the molecule is COC(=O)C(I)CNC(=O)c1ccc(Br)o1. The van der Waals surface area contributed by atoms with Gasteiger partial charge < -0.3 is 14.5 Å². The van der Waals surface area contributed by atoms with Crippen molar-refractivity contribution in [2.75, 3.05) is 13.7 Å². The molecule has 1 amide bonds. The highest BCUT2D eigenvalue weighted by Crippen LogP contribution is 2.13. The van der Waals surface area contributed by atoms with E-state index in [9.17, 15) is 9.59 Å². The molecule has 0 saturated heterocycles. The summed E-state index contributed by atoms with van der Waals surface area (Å²) in [5.41, 5.74) is 0. The van der Waals surface area contributed by atoms with Crippen molar-refractivity contribution < 1.29 is 18.7 Å². The van der Waals surface area contributed by atoms with Gasteiger partial charge in [0.05, 0.1) is 7.11 Å². The van der Waals surface area contributed by atoms with Gasteiger partial charge in [-0.05, 0) is 28.1 Å². The Morgan fingerprint density at radius 2 is 2.31 bits per heavy atom. The fourth-order valence-corrected chi connectivity index (χ4v) is 1.70. The molecule has 16 heavy (non-hydrogen) atoms. The number of ether oxygens (including phenoxy) is 1. The highest BCUT2D eigenvalue weighted by molar-refractivity contribution is 14.1. The zero-order valence-electron chi connectivity index (χ0n) is 8.33. The van der Waals surface area contributed by atoms with Gasteiger partial charge in [-0.1, -0.05) is 22.6 Å². The van der Waals surface area contributed by atoms with Crippen LogP contribution in [0.1, 0.15) is 10.6 Å². The average Bonchev–Trinajstić information content (AvgIpc) is 2.71. The summed E-state index contributed by atoms with van der Waals surface area (Å²) in [5, 5.41) is 2.57. The number of furan rings is 1. The molecule has 0 saturated carbocycles. The van der Waals surface area contributed by atoms with E-state index in [-0.39, 0.29) is 24.2 Å². The van der Waals surface area contributed by atoms with E-state index in [0.29, 0.717) is 4.67 Å². The summed E-state index contributed by atoms with van der Waals surface area (Å²) in [5.74, 6) is -0.543. The number of nitrogens with one attached hydrogen (secondary N) is 1. The second-order valence-corrected chi connectivity index (χ2v) is 5.09. The molecule has 1 aromatic rings. The van der Waals surface area contributed by atoms with Crippen LogP contribution in [0.25, 0.3) is 0 Å². The van der Waals surface area contributed by atoms with Gasteiger partial charge in [0.2, 0.25) is 0 Å². The molecule has 0 aliphatic rings. The molecule has 1 aromatic heterocycles. The average molecular weight is 402 g/mol. The molecule has 0 bridgehead atoms. The highest BCUT2D eigenvalue weighted by Gasteiger charge is 2.17. The summed E-state index contributed by atoms with van der Waals surface area (Å²) >= 11 is 4.99. The third kappa shape index (κ3) is 3.78. The van der Waals surface area contributed by atoms with E-state index < -0.39 is 3.92 Å². The molecule has 0 spiro atoms. The van der Waals surface area contributed by atoms with Crippen LogP contribution >= 0.6 is 38.5 Å². The van der Waals surface area contributed by atoms with Crippen LogP contribution in [0, 0.1) is 0 Å². The summed E-state index contributed by atoms with van der Waals surface area (Å²) < 4.78 is 9.65. The van der Waals surface area contributed by atoms with Gasteiger partial charge in [0, 0.05) is 6.54 Å². The molecule has 0 fully saturated rings. The quantitative estimate of drug-likeness (QED) is 0.474. The van der Waals surface area contributed by atoms with Crippen molar-refractivity contribution in [3.63, 3.8) is 0 Å². The number of carbonyl (C=O) groups excluding carboxylic acids is 2. The molecule has 0 aliphatic heterocycles.